The zero-order valence-electron chi connectivity index (χ0n) is 10.1. The van der Waals surface area contributed by atoms with Gasteiger partial charge < -0.3 is 15.4 Å². The second kappa shape index (κ2) is 6.37. The average Bonchev–Trinajstić information content (AvgIpc) is 2.75. The monoisotopic (exact) mass is 393 g/mol. The molecule has 0 saturated heterocycles. The van der Waals surface area contributed by atoms with Crippen molar-refractivity contribution in [1.29, 1.82) is 0 Å². The molecule has 110 valence electrons. The first-order valence-corrected chi connectivity index (χ1v) is 6.91. The molecule has 0 fully saturated rings. The van der Waals surface area contributed by atoms with Gasteiger partial charge in [-0.2, -0.15) is 4.68 Å². The molecule has 0 unspecified atom stereocenters. The number of rotatable bonds is 4. The Bertz CT molecular complexity index is 721. The summed E-state index contributed by atoms with van der Waals surface area (Å²) in [7, 11) is 0. The van der Waals surface area contributed by atoms with E-state index in [1.54, 1.807) is 6.07 Å². The van der Waals surface area contributed by atoms with Gasteiger partial charge in [0.25, 0.3) is 4.73 Å². The maximum atomic E-state index is 11.9. The Labute approximate surface area is 136 Å². The Hall–Kier alpha value is -1.71. The Kier molecular flexibility index (Phi) is 4.76. The molecule has 2 aromatic rings. The third-order valence-corrected chi connectivity index (χ3v) is 3.43. The molecule has 11 heteroatoms. The second-order valence-electron chi connectivity index (χ2n) is 3.77. The molecule has 0 radical (unpaired) electrons. The van der Waals surface area contributed by atoms with Gasteiger partial charge >= 0.3 is 5.95 Å². The van der Waals surface area contributed by atoms with Gasteiger partial charge in [-0.05, 0) is 28.1 Å². The standard InChI is InChI=1S/C10H6BrCl2N5O3/c11-9-15-10(18(20)21)16-17(9)4-8(19)14-7-3-5(12)1-2-6(7)13/h1-3H,4H2,(H,14,19). The van der Waals surface area contributed by atoms with Crippen LogP contribution in [-0.4, -0.2) is 25.6 Å². The first-order chi connectivity index (χ1) is 9.86. The van der Waals surface area contributed by atoms with E-state index in [-0.39, 0.29) is 11.3 Å². The summed E-state index contributed by atoms with van der Waals surface area (Å²) in [5.41, 5.74) is 0.333. The van der Waals surface area contributed by atoms with Crippen molar-refractivity contribution in [2.24, 2.45) is 0 Å². The van der Waals surface area contributed by atoms with Crippen molar-refractivity contribution >= 4 is 56.7 Å². The summed E-state index contributed by atoms with van der Waals surface area (Å²) in [6.07, 6.45) is 0. The van der Waals surface area contributed by atoms with Gasteiger partial charge in [-0.15, -0.1) is 0 Å². The number of hydrogen-bond donors (Lipinski definition) is 1. The van der Waals surface area contributed by atoms with Crippen molar-refractivity contribution in [2.45, 2.75) is 6.54 Å². The lowest BCUT2D eigenvalue weighted by Crippen LogP contribution is -2.20. The molecule has 1 aromatic heterocycles. The molecule has 1 amide bonds. The summed E-state index contributed by atoms with van der Waals surface area (Å²) in [6, 6.07) is 4.60. The van der Waals surface area contributed by atoms with E-state index in [4.69, 9.17) is 23.2 Å². The van der Waals surface area contributed by atoms with Crippen molar-refractivity contribution in [3.63, 3.8) is 0 Å². The first-order valence-electron chi connectivity index (χ1n) is 5.36. The molecule has 0 aliphatic heterocycles. The van der Waals surface area contributed by atoms with Gasteiger partial charge in [0.05, 0.1) is 10.7 Å². The maximum Gasteiger partial charge on any atom is 0.492 e. The number of aromatic nitrogens is 3. The van der Waals surface area contributed by atoms with Gasteiger partial charge in [0.15, 0.2) is 0 Å². The van der Waals surface area contributed by atoms with E-state index in [1.807, 2.05) is 0 Å². The van der Waals surface area contributed by atoms with E-state index in [0.717, 1.165) is 4.68 Å². The lowest BCUT2D eigenvalue weighted by atomic mass is 10.3. The highest BCUT2D eigenvalue weighted by Gasteiger charge is 2.21. The number of carbonyl (C=O) groups excluding carboxylic acids is 1. The number of hydrogen-bond acceptors (Lipinski definition) is 5. The van der Waals surface area contributed by atoms with Crippen LogP contribution in [0.4, 0.5) is 11.6 Å². The summed E-state index contributed by atoms with van der Waals surface area (Å²) in [4.78, 5) is 25.2. The molecule has 0 aliphatic carbocycles. The minimum Gasteiger partial charge on any atom is -0.390 e. The fraction of sp³-hybridized carbons (Fsp3) is 0.100. The van der Waals surface area contributed by atoms with Crippen molar-refractivity contribution in [3.05, 3.63) is 43.1 Å². The molecule has 0 aliphatic rings. The van der Waals surface area contributed by atoms with E-state index in [1.165, 1.54) is 12.1 Å². The van der Waals surface area contributed by atoms with Gasteiger partial charge in [0, 0.05) is 26.1 Å². The number of halogens is 3. The van der Waals surface area contributed by atoms with E-state index in [0.29, 0.717) is 15.7 Å². The summed E-state index contributed by atoms with van der Waals surface area (Å²) >= 11 is 14.7. The topological polar surface area (TPSA) is 103 Å². The van der Waals surface area contributed by atoms with Crippen LogP contribution in [0.25, 0.3) is 0 Å². The van der Waals surface area contributed by atoms with Crippen molar-refractivity contribution in [2.75, 3.05) is 5.32 Å². The number of benzene rings is 1. The molecule has 0 atom stereocenters. The van der Waals surface area contributed by atoms with E-state index >= 15 is 0 Å². The smallest absolute Gasteiger partial charge is 0.390 e. The minimum absolute atomic E-state index is 0.0709. The fourth-order valence-corrected chi connectivity index (χ4v) is 2.11. The molecule has 1 aromatic carbocycles. The van der Waals surface area contributed by atoms with E-state index in [9.17, 15) is 14.9 Å². The SMILES string of the molecule is O=C(Cn1nc([N+](=O)[O-])nc1Br)Nc1cc(Cl)ccc1Cl. The normalized spacial score (nSPS) is 10.4. The Morgan fingerprint density at radius 3 is 2.81 bits per heavy atom. The fourth-order valence-electron chi connectivity index (χ4n) is 1.41. The number of nitro groups is 1. The number of nitrogens with zero attached hydrogens (tertiary/aromatic N) is 4. The number of nitrogens with one attached hydrogen (secondary N) is 1. The molecule has 0 saturated carbocycles. The number of carbonyl (C=O) groups is 1. The lowest BCUT2D eigenvalue weighted by molar-refractivity contribution is -0.394. The van der Waals surface area contributed by atoms with Crippen LogP contribution in [0.1, 0.15) is 0 Å². The quantitative estimate of drug-likeness (QED) is 0.634. The molecule has 21 heavy (non-hydrogen) atoms. The van der Waals surface area contributed by atoms with Crippen LogP contribution >= 0.6 is 39.1 Å². The highest BCUT2D eigenvalue weighted by Crippen LogP contribution is 2.25. The van der Waals surface area contributed by atoms with Crippen LogP contribution in [0.3, 0.4) is 0 Å². The second-order valence-corrected chi connectivity index (χ2v) is 5.32. The summed E-state index contributed by atoms with van der Waals surface area (Å²) in [6.45, 7) is -0.274. The Morgan fingerprint density at radius 2 is 2.19 bits per heavy atom. The van der Waals surface area contributed by atoms with Gasteiger partial charge in [-0.1, -0.05) is 23.2 Å². The minimum atomic E-state index is -0.757. The van der Waals surface area contributed by atoms with Crippen LogP contribution in [-0.2, 0) is 11.3 Å². The molecule has 0 spiro atoms. The highest BCUT2D eigenvalue weighted by molar-refractivity contribution is 9.10. The Balaban J connectivity index is 2.11. The van der Waals surface area contributed by atoms with E-state index < -0.39 is 16.8 Å². The number of anilines is 1. The largest absolute Gasteiger partial charge is 0.492 e. The maximum absolute atomic E-state index is 11.9. The molecular formula is C10H6BrCl2N5O3. The third-order valence-electron chi connectivity index (χ3n) is 2.27. The van der Waals surface area contributed by atoms with Crippen LogP contribution in [0.2, 0.25) is 10.0 Å². The van der Waals surface area contributed by atoms with Gasteiger partial charge in [-0.25, -0.2) is 0 Å². The highest BCUT2D eigenvalue weighted by atomic mass is 79.9. The van der Waals surface area contributed by atoms with Crippen molar-refractivity contribution in [1.82, 2.24) is 14.8 Å². The molecule has 8 nitrogen and oxygen atoms in total. The van der Waals surface area contributed by atoms with Crippen molar-refractivity contribution in [3.8, 4) is 0 Å². The van der Waals surface area contributed by atoms with E-state index in [2.05, 4.69) is 31.3 Å². The Morgan fingerprint density at radius 1 is 1.48 bits per heavy atom. The zero-order chi connectivity index (χ0) is 15.6. The van der Waals surface area contributed by atoms with Gasteiger partial charge in [0.2, 0.25) is 5.91 Å². The van der Waals surface area contributed by atoms with Gasteiger partial charge in [0.1, 0.15) is 6.54 Å². The lowest BCUT2D eigenvalue weighted by Gasteiger charge is -2.06. The van der Waals surface area contributed by atoms with Crippen LogP contribution < -0.4 is 5.32 Å². The van der Waals surface area contributed by atoms with Gasteiger partial charge in [-0.3, -0.25) is 4.79 Å². The molecule has 2 rings (SSSR count). The summed E-state index contributed by atoms with van der Waals surface area (Å²) in [5.74, 6) is -1.09. The average molecular weight is 395 g/mol. The predicted octanol–water partition coefficient (Wildman–Crippen LogP) is 2.89. The van der Waals surface area contributed by atoms with Crippen LogP contribution in [0, 0.1) is 10.1 Å². The molecule has 1 N–H and O–H groups in total. The van der Waals surface area contributed by atoms with Crippen LogP contribution in [0.5, 0.6) is 0 Å². The first kappa shape index (κ1) is 15.7. The third kappa shape index (κ3) is 3.90. The molecule has 0 bridgehead atoms. The summed E-state index contributed by atoms with van der Waals surface area (Å²) < 4.78 is 1.12. The molecular weight excluding hydrogens is 389 g/mol. The zero-order valence-corrected chi connectivity index (χ0v) is 13.2. The number of amides is 1. The molecule has 1 heterocycles. The van der Waals surface area contributed by atoms with Crippen LogP contribution in [0.15, 0.2) is 22.9 Å². The summed E-state index contributed by atoms with van der Waals surface area (Å²) in [5, 5.41) is 17.4. The predicted molar refractivity (Wildman–Crippen MR) is 79.5 cm³/mol. The van der Waals surface area contributed by atoms with Crippen molar-refractivity contribution < 1.29 is 9.72 Å².